The van der Waals surface area contributed by atoms with Gasteiger partial charge in [0.25, 0.3) is 0 Å². The van der Waals surface area contributed by atoms with Crippen LogP contribution in [0.25, 0.3) is 5.70 Å². The molecule has 2 saturated carbocycles. The first-order chi connectivity index (χ1) is 17.1. The zero-order valence-corrected chi connectivity index (χ0v) is 20.7. The van der Waals surface area contributed by atoms with Crippen molar-refractivity contribution >= 4 is 46.3 Å². The predicted octanol–water partition coefficient (Wildman–Crippen LogP) is 5.26. The quantitative estimate of drug-likeness (QED) is 0.447. The average Bonchev–Trinajstić information content (AvgIpc) is 3.28. The van der Waals surface area contributed by atoms with Gasteiger partial charge in [0.1, 0.15) is 5.82 Å². The van der Waals surface area contributed by atoms with Crippen molar-refractivity contribution in [3.05, 3.63) is 69.0 Å². The summed E-state index contributed by atoms with van der Waals surface area (Å²) in [6.07, 6.45) is 1.39. The van der Waals surface area contributed by atoms with E-state index in [-0.39, 0.29) is 70.0 Å². The van der Waals surface area contributed by atoms with Crippen molar-refractivity contribution in [2.24, 2.45) is 11.7 Å². The zero-order valence-electron chi connectivity index (χ0n) is 19.1. The molecule has 1 aliphatic heterocycles. The van der Waals surface area contributed by atoms with Gasteiger partial charge in [-0.15, -0.1) is 0 Å². The second-order valence-electron chi connectivity index (χ2n) is 9.64. The molecular formula is C26H24Cl2F2N2O4. The summed E-state index contributed by atoms with van der Waals surface area (Å²) in [5.74, 6) is -2.41. The highest BCUT2D eigenvalue weighted by Crippen LogP contribution is 2.45. The Labute approximate surface area is 216 Å². The van der Waals surface area contributed by atoms with Crippen LogP contribution in [0.4, 0.5) is 14.5 Å². The molecule has 1 saturated heterocycles. The summed E-state index contributed by atoms with van der Waals surface area (Å²) in [5.41, 5.74) is 4.92. The van der Waals surface area contributed by atoms with E-state index in [1.165, 1.54) is 12.1 Å². The summed E-state index contributed by atoms with van der Waals surface area (Å²) >= 11 is 12.6. The molecule has 3 atom stereocenters. The van der Waals surface area contributed by atoms with Gasteiger partial charge < -0.3 is 20.5 Å². The molecule has 190 valence electrons. The number of nitrogens with zero attached hydrogens (tertiary/aromatic N) is 1. The molecule has 0 unspecified atom stereocenters. The molecule has 2 bridgehead atoms. The van der Waals surface area contributed by atoms with Crippen LogP contribution in [0.3, 0.4) is 0 Å². The van der Waals surface area contributed by atoms with Gasteiger partial charge in [-0.1, -0.05) is 29.3 Å². The standard InChI is InChI=1S/C26H24Cl2F2N2O4/c27-17-2-1-3-18(28)22(17)23(31)16(24(33)26(30)6-7-26)12-36-21-10-15-8-14(21)11-32(15)20-5-4-13(25(34)35)9-19(20)29/h1-5,9,14-15,21H,6-8,10-12,31H2,(H,34,35)/t14-,15-,21+/m0/s1. The maximum absolute atomic E-state index is 14.8. The fraction of sp³-hybridized carbons (Fsp3) is 0.385. The van der Waals surface area contributed by atoms with E-state index in [4.69, 9.17) is 38.8 Å². The first kappa shape index (κ1) is 25.0. The Morgan fingerprint density at radius 2 is 1.86 bits per heavy atom. The summed E-state index contributed by atoms with van der Waals surface area (Å²) in [6.45, 7) is 0.331. The minimum absolute atomic E-state index is 0.000354. The number of hydrogen-bond donors (Lipinski definition) is 2. The number of alkyl halides is 1. The molecule has 36 heavy (non-hydrogen) atoms. The average molecular weight is 537 g/mol. The molecule has 3 aliphatic rings. The first-order valence-electron chi connectivity index (χ1n) is 11.7. The molecule has 2 aromatic carbocycles. The van der Waals surface area contributed by atoms with Crippen molar-refractivity contribution in [1.29, 1.82) is 0 Å². The van der Waals surface area contributed by atoms with Gasteiger partial charge in [-0.25, -0.2) is 13.6 Å². The molecule has 1 heterocycles. The van der Waals surface area contributed by atoms with E-state index in [0.717, 1.165) is 12.5 Å². The number of halogens is 4. The van der Waals surface area contributed by atoms with Crippen LogP contribution in [-0.2, 0) is 9.53 Å². The maximum atomic E-state index is 14.8. The molecule has 3 fully saturated rings. The summed E-state index contributed by atoms with van der Waals surface area (Å²) < 4.78 is 35.5. The topological polar surface area (TPSA) is 92.9 Å². The molecule has 0 aromatic heterocycles. The van der Waals surface area contributed by atoms with Crippen LogP contribution in [0.15, 0.2) is 42.0 Å². The van der Waals surface area contributed by atoms with E-state index in [1.54, 1.807) is 18.2 Å². The number of carboxylic acid groups (broad SMARTS) is 1. The minimum atomic E-state index is -1.94. The number of hydrogen-bond acceptors (Lipinski definition) is 5. The van der Waals surface area contributed by atoms with Crippen molar-refractivity contribution in [2.45, 2.75) is 43.5 Å². The summed E-state index contributed by atoms with van der Waals surface area (Å²) in [6, 6.07) is 8.72. The second kappa shape index (κ2) is 9.32. The highest BCUT2D eigenvalue weighted by atomic mass is 35.5. The van der Waals surface area contributed by atoms with Gasteiger partial charge in [-0.2, -0.15) is 0 Å². The third kappa shape index (κ3) is 4.46. The lowest BCUT2D eigenvalue weighted by Crippen LogP contribution is -2.39. The lowest BCUT2D eigenvalue weighted by molar-refractivity contribution is -0.122. The minimum Gasteiger partial charge on any atom is -0.478 e. The van der Waals surface area contributed by atoms with E-state index in [9.17, 15) is 18.4 Å². The SMILES string of the molecule is NC(=C(CO[C@@H]1C[C@@H]2C[C@H]1CN2c1ccc(C(=O)O)cc1F)C(=O)C1(F)CC1)c1c(Cl)cccc1Cl. The van der Waals surface area contributed by atoms with Crippen molar-refractivity contribution in [3.63, 3.8) is 0 Å². The number of rotatable bonds is 8. The van der Waals surface area contributed by atoms with Crippen LogP contribution < -0.4 is 10.6 Å². The molecule has 2 aromatic rings. The molecule has 0 spiro atoms. The molecule has 2 aliphatic carbocycles. The number of carboxylic acids is 1. The monoisotopic (exact) mass is 536 g/mol. The van der Waals surface area contributed by atoms with Gasteiger partial charge in [-0.3, -0.25) is 4.79 Å². The number of nitrogens with two attached hydrogens (primary N) is 1. The van der Waals surface area contributed by atoms with Gasteiger partial charge in [0.05, 0.1) is 39.7 Å². The van der Waals surface area contributed by atoms with Crippen molar-refractivity contribution in [3.8, 4) is 0 Å². The van der Waals surface area contributed by atoms with E-state index in [1.807, 2.05) is 4.90 Å². The highest BCUT2D eigenvalue weighted by molar-refractivity contribution is 6.37. The molecule has 6 nitrogen and oxygen atoms in total. The Morgan fingerprint density at radius 3 is 2.42 bits per heavy atom. The normalized spacial score (nSPS) is 24.6. The van der Waals surface area contributed by atoms with Crippen LogP contribution in [0.1, 0.15) is 41.6 Å². The molecule has 5 rings (SSSR count). The number of Topliss-reactive ketones (excluding diaryl/α,β-unsaturated/α-hetero) is 1. The fourth-order valence-electron chi connectivity index (χ4n) is 5.25. The number of anilines is 1. The number of benzene rings is 2. The first-order valence-corrected chi connectivity index (χ1v) is 12.4. The number of carbonyl (C=O) groups is 2. The third-order valence-corrected chi connectivity index (χ3v) is 7.98. The number of aromatic carboxylic acids is 1. The van der Waals surface area contributed by atoms with Crippen LogP contribution in [0.2, 0.25) is 10.0 Å². The predicted molar refractivity (Wildman–Crippen MR) is 133 cm³/mol. The van der Waals surface area contributed by atoms with Crippen molar-refractivity contribution < 1.29 is 28.2 Å². The fourth-order valence-corrected chi connectivity index (χ4v) is 5.85. The number of ketones is 1. The number of carbonyl (C=O) groups excluding carboxylic acids is 1. The Morgan fingerprint density at radius 1 is 1.17 bits per heavy atom. The third-order valence-electron chi connectivity index (χ3n) is 7.35. The second-order valence-corrected chi connectivity index (χ2v) is 10.5. The number of fused-ring (bicyclic) bond motifs is 2. The van der Waals surface area contributed by atoms with Gasteiger partial charge in [0.15, 0.2) is 11.5 Å². The molecular weight excluding hydrogens is 513 g/mol. The number of ether oxygens (including phenoxy) is 1. The van der Waals surface area contributed by atoms with E-state index < -0.39 is 23.2 Å². The maximum Gasteiger partial charge on any atom is 0.335 e. The van der Waals surface area contributed by atoms with Crippen LogP contribution in [-0.4, -0.2) is 47.8 Å². The van der Waals surface area contributed by atoms with Gasteiger partial charge in [0.2, 0.25) is 0 Å². The smallest absolute Gasteiger partial charge is 0.335 e. The lowest BCUT2D eigenvalue weighted by Gasteiger charge is -2.33. The van der Waals surface area contributed by atoms with Crippen molar-refractivity contribution in [1.82, 2.24) is 0 Å². The molecule has 3 N–H and O–H groups in total. The van der Waals surface area contributed by atoms with Crippen LogP contribution in [0.5, 0.6) is 0 Å². The summed E-state index contributed by atoms with van der Waals surface area (Å²) in [4.78, 5) is 26.0. The Bertz CT molecular complexity index is 1260. The van der Waals surface area contributed by atoms with Crippen LogP contribution in [0, 0.1) is 11.7 Å². The molecule has 10 heteroatoms. The van der Waals surface area contributed by atoms with E-state index >= 15 is 0 Å². The van der Waals surface area contributed by atoms with Crippen LogP contribution >= 0.6 is 23.2 Å². The summed E-state index contributed by atoms with van der Waals surface area (Å²) in [5, 5.41) is 9.57. The highest BCUT2D eigenvalue weighted by Gasteiger charge is 2.52. The van der Waals surface area contributed by atoms with Crippen molar-refractivity contribution in [2.75, 3.05) is 18.1 Å². The summed E-state index contributed by atoms with van der Waals surface area (Å²) in [7, 11) is 0. The van der Waals surface area contributed by atoms with Gasteiger partial charge in [0, 0.05) is 29.6 Å². The Balaban J connectivity index is 1.33. The number of piperidine rings is 1. The van der Waals surface area contributed by atoms with E-state index in [0.29, 0.717) is 18.7 Å². The Hall–Kier alpha value is -2.68. The molecule has 0 radical (unpaired) electrons. The molecule has 0 amide bonds. The van der Waals surface area contributed by atoms with Gasteiger partial charge in [-0.05, 0) is 56.0 Å². The lowest BCUT2D eigenvalue weighted by atomic mass is 9.99. The largest absolute Gasteiger partial charge is 0.478 e. The van der Waals surface area contributed by atoms with E-state index in [2.05, 4.69) is 0 Å². The Kier molecular flexibility index (Phi) is 6.47. The van der Waals surface area contributed by atoms with Gasteiger partial charge >= 0.3 is 5.97 Å². The zero-order chi connectivity index (χ0) is 25.8.